The van der Waals surface area contributed by atoms with Crippen molar-refractivity contribution < 1.29 is 19.1 Å². The minimum absolute atomic E-state index is 0.368. The summed E-state index contributed by atoms with van der Waals surface area (Å²) < 4.78 is 11.1. The fraction of sp³-hybridized carbons (Fsp3) is 0.647. The Balaban J connectivity index is 0.00000254. The van der Waals surface area contributed by atoms with E-state index in [1.165, 1.54) is 12.0 Å². The Morgan fingerprint density at radius 1 is 1.33 bits per heavy atom. The fourth-order valence-corrected chi connectivity index (χ4v) is 3.29. The van der Waals surface area contributed by atoms with Crippen LogP contribution in [0, 0.1) is 6.92 Å². The van der Waals surface area contributed by atoms with Crippen LogP contribution in [0.4, 0.5) is 4.79 Å². The van der Waals surface area contributed by atoms with Crippen LogP contribution in [0.25, 0.3) is 0 Å². The van der Waals surface area contributed by atoms with Gasteiger partial charge in [-0.1, -0.05) is 13.8 Å². The van der Waals surface area contributed by atoms with Crippen molar-refractivity contribution in [3.63, 3.8) is 0 Å². The molecule has 0 aromatic carbocycles. The molecule has 0 aliphatic heterocycles. The highest BCUT2D eigenvalue weighted by atomic mass is 79.9. The van der Waals surface area contributed by atoms with E-state index in [4.69, 9.17) is 9.47 Å². The second-order valence-corrected chi connectivity index (χ2v) is 7.84. The number of nitrogens with zero attached hydrogens (tertiary/aromatic N) is 1. The smallest absolute Gasteiger partial charge is 0.410 e. The Kier molecular flexibility index (Phi) is 9.58. The second kappa shape index (κ2) is 10.0. The maximum atomic E-state index is 12.2. The number of esters is 1. The number of hydrogen-bond donors (Lipinski definition) is 0. The number of hydrogen-bond acceptors (Lipinski definition) is 5. The summed E-state index contributed by atoms with van der Waals surface area (Å²) in [6.07, 6.45) is -0.182. The molecule has 1 aromatic rings. The normalized spacial score (nSPS) is 11.9. The highest BCUT2D eigenvalue weighted by molar-refractivity contribution is 9.10. The Morgan fingerprint density at radius 2 is 1.88 bits per heavy atom. The van der Waals surface area contributed by atoms with Gasteiger partial charge in [-0.15, -0.1) is 11.3 Å². The molecule has 1 heterocycles. The standard InChI is InChI=1S/C15H22BrNO4S.C2H6/c1-9-12(16)10(8-22-9)7-11(13(18)20-6)17(5)14(19)21-15(2,3)4;1-2/h8,11H,7H2,1-6H3;1-2H3. The van der Waals surface area contributed by atoms with Crippen LogP contribution in [0.1, 0.15) is 45.1 Å². The first kappa shape index (κ1) is 22.9. The van der Waals surface area contributed by atoms with Crippen LogP contribution in [0.5, 0.6) is 0 Å². The zero-order valence-corrected chi connectivity index (χ0v) is 18.1. The number of amides is 1. The van der Waals surface area contributed by atoms with E-state index < -0.39 is 23.7 Å². The maximum absolute atomic E-state index is 12.2. The van der Waals surface area contributed by atoms with Gasteiger partial charge in [-0.25, -0.2) is 9.59 Å². The predicted molar refractivity (Wildman–Crippen MR) is 102 cm³/mol. The molecule has 5 nitrogen and oxygen atoms in total. The minimum Gasteiger partial charge on any atom is -0.467 e. The SMILES string of the molecule is CC.COC(=O)C(Cc1csc(C)c1Br)N(C)C(=O)OC(C)(C)C. The maximum Gasteiger partial charge on any atom is 0.410 e. The van der Waals surface area contributed by atoms with Gasteiger partial charge in [0.25, 0.3) is 0 Å². The molecule has 1 rings (SSSR count). The van der Waals surface area contributed by atoms with Gasteiger partial charge in [0.2, 0.25) is 0 Å². The Hall–Kier alpha value is -1.08. The first-order chi connectivity index (χ1) is 11.1. The molecular formula is C17H28BrNO4S. The second-order valence-electron chi connectivity index (χ2n) is 5.97. The third kappa shape index (κ3) is 6.81. The number of carbonyl (C=O) groups excluding carboxylic acids is 2. The Morgan fingerprint density at radius 3 is 2.25 bits per heavy atom. The lowest BCUT2D eigenvalue weighted by atomic mass is 10.1. The predicted octanol–water partition coefficient (Wildman–Crippen LogP) is 4.80. The van der Waals surface area contributed by atoms with E-state index in [9.17, 15) is 9.59 Å². The van der Waals surface area contributed by atoms with E-state index in [1.807, 2.05) is 26.2 Å². The number of carbonyl (C=O) groups is 2. The molecule has 0 saturated heterocycles. The summed E-state index contributed by atoms with van der Waals surface area (Å²) in [7, 11) is 2.86. The number of thiophene rings is 1. The molecule has 7 heteroatoms. The minimum atomic E-state index is -0.731. The number of halogens is 1. The van der Waals surface area contributed by atoms with Gasteiger partial charge in [0.15, 0.2) is 0 Å². The van der Waals surface area contributed by atoms with E-state index in [2.05, 4.69) is 15.9 Å². The number of methoxy groups -OCH3 is 1. The third-order valence-electron chi connectivity index (χ3n) is 3.00. The van der Waals surface area contributed by atoms with Crippen molar-refractivity contribution in [1.82, 2.24) is 4.90 Å². The average molecular weight is 422 g/mol. The molecule has 24 heavy (non-hydrogen) atoms. The zero-order chi connectivity index (χ0) is 19.1. The molecule has 0 fully saturated rings. The van der Waals surface area contributed by atoms with Crippen LogP contribution in [0.3, 0.4) is 0 Å². The van der Waals surface area contributed by atoms with Crippen LogP contribution in [0.15, 0.2) is 9.85 Å². The van der Waals surface area contributed by atoms with Crippen molar-refractivity contribution in [3.05, 3.63) is 20.3 Å². The average Bonchev–Trinajstić information content (AvgIpc) is 2.83. The number of likely N-dealkylation sites (N-methyl/N-ethyl adjacent to an activating group) is 1. The van der Waals surface area contributed by atoms with E-state index in [0.717, 1.165) is 14.9 Å². The first-order valence-corrected chi connectivity index (χ1v) is 9.50. The molecule has 1 aromatic heterocycles. The topological polar surface area (TPSA) is 55.8 Å². The summed E-state index contributed by atoms with van der Waals surface area (Å²) in [5.74, 6) is -0.468. The Bertz CT molecular complexity index is 551. The van der Waals surface area contributed by atoms with Crippen LogP contribution < -0.4 is 0 Å². The summed E-state index contributed by atoms with van der Waals surface area (Å²) in [4.78, 5) is 26.7. The molecule has 0 bridgehead atoms. The summed E-state index contributed by atoms with van der Waals surface area (Å²) >= 11 is 5.10. The molecule has 1 amide bonds. The highest BCUT2D eigenvalue weighted by Gasteiger charge is 2.32. The highest BCUT2D eigenvalue weighted by Crippen LogP contribution is 2.29. The van der Waals surface area contributed by atoms with Crippen molar-refractivity contribution in [2.24, 2.45) is 0 Å². The lowest BCUT2D eigenvalue weighted by molar-refractivity contribution is -0.146. The quantitative estimate of drug-likeness (QED) is 0.655. The van der Waals surface area contributed by atoms with Crippen LogP contribution in [-0.2, 0) is 20.7 Å². The lowest BCUT2D eigenvalue weighted by Crippen LogP contribution is -2.46. The Labute approximate surface area is 157 Å². The van der Waals surface area contributed by atoms with Crippen molar-refractivity contribution in [2.75, 3.05) is 14.2 Å². The van der Waals surface area contributed by atoms with Crippen LogP contribution in [0.2, 0.25) is 0 Å². The lowest BCUT2D eigenvalue weighted by Gasteiger charge is -2.29. The summed E-state index contributed by atoms with van der Waals surface area (Å²) in [6, 6.07) is -0.731. The number of aryl methyl sites for hydroxylation is 1. The molecule has 0 radical (unpaired) electrons. The van der Waals surface area contributed by atoms with E-state index >= 15 is 0 Å². The third-order valence-corrected chi connectivity index (χ3v) is 5.33. The van der Waals surface area contributed by atoms with E-state index in [1.54, 1.807) is 39.2 Å². The number of rotatable bonds is 4. The molecule has 138 valence electrons. The summed E-state index contributed by atoms with van der Waals surface area (Å²) in [6.45, 7) is 11.3. The van der Waals surface area contributed by atoms with Gasteiger partial charge in [-0.3, -0.25) is 4.90 Å². The molecule has 0 saturated carbocycles. The summed E-state index contributed by atoms with van der Waals surface area (Å²) in [5.41, 5.74) is 0.347. The van der Waals surface area contributed by atoms with Crippen molar-refractivity contribution >= 4 is 39.3 Å². The molecule has 1 unspecified atom stereocenters. The fourth-order valence-electron chi connectivity index (χ4n) is 1.81. The molecule has 1 atom stereocenters. The summed E-state index contributed by atoms with van der Waals surface area (Å²) in [5, 5.41) is 1.97. The van der Waals surface area contributed by atoms with Gasteiger partial charge in [-0.05, 0) is 54.6 Å². The first-order valence-electron chi connectivity index (χ1n) is 7.83. The molecule has 0 spiro atoms. The van der Waals surface area contributed by atoms with Gasteiger partial charge < -0.3 is 9.47 Å². The largest absolute Gasteiger partial charge is 0.467 e. The van der Waals surface area contributed by atoms with Gasteiger partial charge in [0, 0.05) is 22.8 Å². The van der Waals surface area contributed by atoms with Gasteiger partial charge in [0.1, 0.15) is 11.6 Å². The van der Waals surface area contributed by atoms with Gasteiger partial charge >= 0.3 is 12.1 Å². The molecular weight excluding hydrogens is 394 g/mol. The molecule has 0 aliphatic carbocycles. The van der Waals surface area contributed by atoms with Crippen molar-refractivity contribution in [2.45, 2.75) is 59.6 Å². The molecule has 0 N–H and O–H groups in total. The van der Waals surface area contributed by atoms with Crippen LogP contribution >= 0.6 is 27.3 Å². The zero-order valence-electron chi connectivity index (χ0n) is 15.7. The van der Waals surface area contributed by atoms with Gasteiger partial charge in [-0.2, -0.15) is 0 Å². The molecule has 0 aliphatic rings. The van der Waals surface area contributed by atoms with E-state index in [0.29, 0.717) is 6.42 Å². The number of ether oxygens (including phenoxy) is 2. The van der Waals surface area contributed by atoms with Crippen LogP contribution in [-0.4, -0.2) is 42.8 Å². The van der Waals surface area contributed by atoms with Gasteiger partial charge in [0.05, 0.1) is 7.11 Å². The van der Waals surface area contributed by atoms with Crippen molar-refractivity contribution in [1.29, 1.82) is 0 Å². The van der Waals surface area contributed by atoms with E-state index in [-0.39, 0.29) is 0 Å². The van der Waals surface area contributed by atoms with Crippen molar-refractivity contribution in [3.8, 4) is 0 Å². The monoisotopic (exact) mass is 421 g/mol.